The molecular weight excluding hydrogens is 316 g/mol. The highest BCUT2D eigenvalue weighted by atomic mass is 35.7. The van der Waals surface area contributed by atoms with Crippen LogP contribution in [0.15, 0.2) is 12.1 Å². The molecule has 1 amide bonds. The van der Waals surface area contributed by atoms with E-state index in [-0.39, 0.29) is 18.0 Å². The molecule has 1 heterocycles. The van der Waals surface area contributed by atoms with Crippen molar-refractivity contribution in [2.45, 2.75) is 18.6 Å². The van der Waals surface area contributed by atoms with Crippen molar-refractivity contribution in [2.75, 3.05) is 11.4 Å². The number of benzene rings is 1. The number of rotatable bonds is 2. The van der Waals surface area contributed by atoms with Crippen LogP contribution >= 0.6 is 22.3 Å². The average molecular weight is 326 g/mol. The lowest BCUT2D eigenvalue weighted by atomic mass is 10.2. The lowest BCUT2D eigenvalue weighted by molar-refractivity contribution is -0.117. The van der Waals surface area contributed by atoms with Crippen molar-refractivity contribution in [1.82, 2.24) is 0 Å². The van der Waals surface area contributed by atoms with Gasteiger partial charge in [-0.2, -0.15) is 0 Å². The van der Waals surface area contributed by atoms with Gasteiger partial charge in [-0.3, -0.25) is 4.79 Å². The number of aryl methyl sites for hydroxylation is 1. The topological polar surface area (TPSA) is 54.5 Å². The van der Waals surface area contributed by atoms with Gasteiger partial charge in [0.1, 0.15) is 11.1 Å². The minimum absolute atomic E-state index is 0.0593. The van der Waals surface area contributed by atoms with Crippen molar-refractivity contribution in [3.05, 3.63) is 28.5 Å². The zero-order chi connectivity index (χ0) is 14.4. The Balaban J connectivity index is 2.39. The molecule has 1 aliphatic rings. The predicted molar refractivity (Wildman–Crippen MR) is 71.7 cm³/mol. The number of hydrogen-bond donors (Lipinski definition) is 0. The van der Waals surface area contributed by atoms with Crippen molar-refractivity contribution in [2.24, 2.45) is 0 Å². The largest absolute Gasteiger partial charge is 0.310 e. The Labute approximate surface area is 119 Å². The van der Waals surface area contributed by atoms with Gasteiger partial charge in [0.15, 0.2) is 0 Å². The maximum atomic E-state index is 13.3. The smallest absolute Gasteiger partial charge is 0.237 e. The fourth-order valence-electron chi connectivity index (χ4n) is 1.95. The van der Waals surface area contributed by atoms with Crippen LogP contribution < -0.4 is 4.90 Å². The highest BCUT2D eigenvalue weighted by Crippen LogP contribution is 2.33. The predicted octanol–water partition coefficient (Wildman–Crippen LogP) is 2.46. The second-order valence-corrected chi connectivity index (χ2v) is 7.67. The Morgan fingerprint density at radius 2 is 2.05 bits per heavy atom. The molecule has 1 aromatic carbocycles. The van der Waals surface area contributed by atoms with Crippen molar-refractivity contribution >= 4 is 42.9 Å². The van der Waals surface area contributed by atoms with Gasteiger partial charge in [-0.05, 0) is 24.6 Å². The standard InChI is InChI=1S/C11H10Cl2FNO3S/c1-6-2-10(8(12)4-9(6)14)15-5-7(3-11(15)16)19(13,17)18/h2,4,7H,3,5H2,1H3. The monoisotopic (exact) mass is 325 g/mol. The third-order valence-electron chi connectivity index (χ3n) is 3.01. The summed E-state index contributed by atoms with van der Waals surface area (Å²) in [5, 5.41) is -0.910. The van der Waals surface area contributed by atoms with Gasteiger partial charge in [0.05, 0.1) is 10.7 Å². The first-order valence-corrected chi connectivity index (χ1v) is 8.14. The Morgan fingerprint density at radius 1 is 1.42 bits per heavy atom. The molecule has 1 fully saturated rings. The van der Waals surface area contributed by atoms with E-state index in [1.807, 2.05) is 0 Å². The molecule has 1 aromatic rings. The van der Waals surface area contributed by atoms with Crippen LogP contribution in [0.25, 0.3) is 0 Å². The fraction of sp³-hybridized carbons (Fsp3) is 0.364. The van der Waals surface area contributed by atoms with Gasteiger partial charge in [-0.15, -0.1) is 0 Å². The van der Waals surface area contributed by atoms with Gasteiger partial charge >= 0.3 is 0 Å². The number of nitrogens with zero attached hydrogens (tertiary/aromatic N) is 1. The third kappa shape index (κ3) is 2.85. The Morgan fingerprint density at radius 3 is 2.58 bits per heavy atom. The summed E-state index contributed by atoms with van der Waals surface area (Å²) in [6, 6.07) is 2.51. The van der Waals surface area contributed by atoms with Crippen molar-refractivity contribution in [3.8, 4) is 0 Å². The average Bonchev–Trinajstić information content (AvgIpc) is 2.65. The van der Waals surface area contributed by atoms with Crippen molar-refractivity contribution in [1.29, 1.82) is 0 Å². The number of amides is 1. The molecule has 0 aliphatic carbocycles. The Bertz CT molecular complexity index is 648. The van der Waals surface area contributed by atoms with Crippen LogP contribution in [0.1, 0.15) is 12.0 Å². The molecule has 1 unspecified atom stereocenters. The van der Waals surface area contributed by atoms with Gasteiger partial charge in [-0.25, -0.2) is 12.8 Å². The molecule has 0 radical (unpaired) electrons. The SMILES string of the molecule is Cc1cc(N2CC(S(=O)(=O)Cl)CC2=O)c(Cl)cc1F. The van der Waals surface area contributed by atoms with E-state index in [1.54, 1.807) is 0 Å². The molecular formula is C11H10Cl2FNO3S. The third-order valence-corrected chi connectivity index (χ3v) is 5.18. The molecule has 1 saturated heterocycles. The maximum absolute atomic E-state index is 13.3. The van der Waals surface area contributed by atoms with E-state index >= 15 is 0 Å². The minimum atomic E-state index is -3.81. The number of anilines is 1. The number of carbonyl (C=O) groups excluding carboxylic acids is 1. The highest BCUT2D eigenvalue weighted by Gasteiger charge is 2.38. The van der Waals surface area contributed by atoms with Crippen LogP contribution in [0.3, 0.4) is 0 Å². The van der Waals surface area contributed by atoms with Crippen LogP contribution in [0.5, 0.6) is 0 Å². The van der Waals surface area contributed by atoms with Gasteiger partial charge in [0, 0.05) is 23.6 Å². The summed E-state index contributed by atoms with van der Waals surface area (Å²) in [6.07, 6.45) is -0.196. The van der Waals surface area contributed by atoms with Gasteiger partial charge in [-0.1, -0.05) is 11.6 Å². The second kappa shape index (κ2) is 4.92. The summed E-state index contributed by atoms with van der Waals surface area (Å²) >= 11 is 5.89. The van der Waals surface area contributed by atoms with Crippen LogP contribution in [-0.4, -0.2) is 26.1 Å². The number of carbonyl (C=O) groups is 1. The van der Waals surface area contributed by atoms with E-state index in [9.17, 15) is 17.6 Å². The first kappa shape index (κ1) is 14.6. The Hall–Kier alpha value is -0.850. The molecule has 8 heteroatoms. The van der Waals surface area contributed by atoms with Crippen LogP contribution in [0.4, 0.5) is 10.1 Å². The second-order valence-electron chi connectivity index (χ2n) is 4.36. The lowest BCUT2D eigenvalue weighted by Crippen LogP contribution is -2.27. The van der Waals surface area contributed by atoms with Crippen molar-refractivity contribution < 1.29 is 17.6 Å². The molecule has 1 aliphatic heterocycles. The molecule has 0 spiro atoms. The van der Waals surface area contributed by atoms with E-state index in [2.05, 4.69) is 0 Å². The normalized spacial score (nSPS) is 20.1. The molecule has 104 valence electrons. The number of hydrogen-bond acceptors (Lipinski definition) is 3. The number of halogens is 3. The zero-order valence-electron chi connectivity index (χ0n) is 9.86. The van der Waals surface area contributed by atoms with Gasteiger partial charge in [0.2, 0.25) is 15.0 Å². The molecule has 0 aromatic heterocycles. The summed E-state index contributed by atoms with van der Waals surface area (Å²) in [4.78, 5) is 13.1. The van der Waals surface area contributed by atoms with E-state index in [1.165, 1.54) is 17.9 Å². The Kier molecular flexibility index (Phi) is 3.77. The molecule has 0 N–H and O–H groups in total. The summed E-state index contributed by atoms with van der Waals surface area (Å²) in [5.74, 6) is -0.885. The van der Waals surface area contributed by atoms with Gasteiger partial charge < -0.3 is 4.90 Å². The fourth-order valence-corrected chi connectivity index (χ4v) is 3.22. The summed E-state index contributed by atoms with van der Waals surface area (Å²) < 4.78 is 35.8. The van der Waals surface area contributed by atoms with Crippen LogP contribution in [0.2, 0.25) is 5.02 Å². The quantitative estimate of drug-likeness (QED) is 0.785. The molecule has 19 heavy (non-hydrogen) atoms. The molecule has 2 rings (SSSR count). The van der Waals surface area contributed by atoms with E-state index in [4.69, 9.17) is 22.3 Å². The maximum Gasteiger partial charge on any atom is 0.237 e. The first-order chi connectivity index (χ1) is 8.70. The summed E-state index contributed by atoms with van der Waals surface area (Å²) in [6.45, 7) is 1.46. The first-order valence-electron chi connectivity index (χ1n) is 5.39. The van der Waals surface area contributed by atoms with Crippen molar-refractivity contribution in [3.63, 3.8) is 0 Å². The van der Waals surface area contributed by atoms with Crippen LogP contribution in [0, 0.1) is 12.7 Å². The molecule has 0 bridgehead atoms. The van der Waals surface area contributed by atoms with Crippen LogP contribution in [-0.2, 0) is 13.8 Å². The van der Waals surface area contributed by atoms with E-state index in [0.29, 0.717) is 11.3 Å². The van der Waals surface area contributed by atoms with E-state index in [0.717, 1.165) is 6.07 Å². The molecule has 1 atom stereocenters. The zero-order valence-corrected chi connectivity index (χ0v) is 12.2. The lowest BCUT2D eigenvalue weighted by Gasteiger charge is -2.18. The van der Waals surface area contributed by atoms with Gasteiger partial charge in [0.25, 0.3) is 0 Å². The molecule has 0 saturated carbocycles. The highest BCUT2D eigenvalue weighted by molar-refractivity contribution is 8.14. The summed E-state index contributed by atoms with van der Waals surface area (Å²) in [5.41, 5.74) is 0.623. The molecule has 4 nitrogen and oxygen atoms in total. The van der Waals surface area contributed by atoms with E-state index < -0.39 is 26.0 Å². The summed E-state index contributed by atoms with van der Waals surface area (Å²) in [7, 11) is 1.44. The minimum Gasteiger partial charge on any atom is -0.310 e.